The minimum Gasteiger partial charge on any atom is -0.298 e. The van der Waals surface area contributed by atoms with E-state index in [1.54, 1.807) is 0 Å². The third-order valence-corrected chi connectivity index (χ3v) is 3.30. The number of likely N-dealkylation sites (tertiary alicyclic amines) is 2. The summed E-state index contributed by atoms with van der Waals surface area (Å²) in [6, 6.07) is 1.29. The number of rotatable bonds is 2. The van der Waals surface area contributed by atoms with Gasteiger partial charge in [0.1, 0.15) is 6.17 Å². The van der Waals surface area contributed by atoms with E-state index in [2.05, 4.69) is 23.6 Å². The summed E-state index contributed by atoms with van der Waals surface area (Å²) < 4.78 is 12.9. The molecule has 2 nitrogen and oxygen atoms in total. The van der Waals surface area contributed by atoms with Crippen LogP contribution in [0.5, 0.6) is 0 Å². The van der Waals surface area contributed by atoms with E-state index >= 15 is 0 Å². The van der Waals surface area contributed by atoms with Crippen molar-refractivity contribution in [1.29, 1.82) is 0 Å². The van der Waals surface area contributed by atoms with Crippen LogP contribution in [-0.4, -0.2) is 54.2 Å². The fraction of sp³-hybridized carbons (Fsp3) is 1.00. The van der Waals surface area contributed by atoms with Gasteiger partial charge in [0, 0.05) is 38.3 Å². The molecule has 2 aliphatic rings. The molecule has 0 aromatic heterocycles. The van der Waals surface area contributed by atoms with Gasteiger partial charge in [0.05, 0.1) is 0 Å². The molecular formula is C10H19FN2. The number of halogens is 1. The Morgan fingerprint density at radius 3 is 2.38 bits per heavy atom. The molecule has 0 bridgehead atoms. The van der Waals surface area contributed by atoms with E-state index in [-0.39, 0.29) is 0 Å². The second-order valence-electron chi connectivity index (χ2n) is 4.58. The van der Waals surface area contributed by atoms with Crippen molar-refractivity contribution in [2.24, 2.45) is 0 Å². The normalized spacial score (nSPS) is 32.8. The van der Waals surface area contributed by atoms with Gasteiger partial charge in [-0.3, -0.25) is 9.80 Å². The van der Waals surface area contributed by atoms with Crippen LogP contribution < -0.4 is 0 Å². The van der Waals surface area contributed by atoms with Crippen molar-refractivity contribution in [2.75, 3.05) is 26.2 Å². The molecule has 0 aromatic rings. The van der Waals surface area contributed by atoms with Gasteiger partial charge < -0.3 is 0 Å². The van der Waals surface area contributed by atoms with Gasteiger partial charge in [-0.25, -0.2) is 4.39 Å². The van der Waals surface area contributed by atoms with Crippen molar-refractivity contribution in [3.63, 3.8) is 0 Å². The molecule has 2 heterocycles. The molecule has 2 saturated heterocycles. The van der Waals surface area contributed by atoms with Crippen LogP contribution in [0.3, 0.4) is 0 Å². The highest BCUT2D eigenvalue weighted by Crippen LogP contribution is 2.22. The van der Waals surface area contributed by atoms with Gasteiger partial charge in [-0.15, -0.1) is 0 Å². The Morgan fingerprint density at radius 1 is 1.23 bits per heavy atom. The summed E-state index contributed by atoms with van der Waals surface area (Å²) in [4.78, 5) is 4.75. The van der Waals surface area contributed by atoms with E-state index in [4.69, 9.17) is 0 Å². The topological polar surface area (TPSA) is 6.48 Å². The SMILES string of the molecule is CC(C)N1CC(N2CCC(F)C2)C1. The maximum atomic E-state index is 12.9. The largest absolute Gasteiger partial charge is 0.298 e. The van der Waals surface area contributed by atoms with E-state index in [0.717, 1.165) is 26.1 Å². The number of hydrogen-bond acceptors (Lipinski definition) is 2. The van der Waals surface area contributed by atoms with Crippen LogP contribution in [-0.2, 0) is 0 Å². The Bertz CT molecular complexity index is 178. The third-order valence-electron chi connectivity index (χ3n) is 3.30. The molecule has 2 rings (SSSR count). The third kappa shape index (κ3) is 1.86. The number of nitrogens with zero attached hydrogens (tertiary/aromatic N) is 2. The molecule has 1 atom stereocenters. The Morgan fingerprint density at radius 2 is 1.92 bits per heavy atom. The van der Waals surface area contributed by atoms with E-state index in [0.29, 0.717) is 18.6 Å². The smallest absolute Gasteiger partial charge is 0.114 e. The van der Waals surface area contributed by atoms with Crippen LogP contribution in [0.2, 0.25) is 0 Å². The summed E-state index contributed by atoms with van der Waals surface area (Å²) in [7, 11) is 0. The number of hydrogen-bond donors (Lipinski definition) is 0. The van der Waals surface area contributed by atoms with Crippen LogP contribution in [0.4, 0.5) is 4.39 Å². The minimum atomic E-state index is -0.562. The summed E-state index contributed by atoms with van der Waals surface area (Å²) in [6.45, 7) is 8.37. The van der Waals surface area contributed by atoms with Crippen LogP contribution >= 0.6 is 0 Å². The molecule has 0 radical (unpaired) electrons. The lowest BCUT2D eigenvalue weighted by Gasteiger charge is -2.46. The van der Waals surface area contributed by atoms with Crippen LogP contribution in [0, 0.1) is 0 Å². The van der Waals surface area contributed by atoms with Crippen molar-refractivity contribution < 1.29 is 4.39 Å². The summed E-state index contributed by atoms with van der Waals surface area (Å²) >= 11 is 0. The Hall–Kier alpha value is -0.150. The molecule has 2 aliphatic heterocycles. The van der Waals surface area contributed by atoms with Gasteiger partial charge in [-0.1, -0.05) is 0 Å². The molecule has 3 heteroatoms. The first kappa shape index (κ1) is 9.41. The summed E-state index contributed by atoms with van der Waals surface area (Å²) in [5.74, 6) is 0. The highest BCUT2D eigenvalue weighted by atomic mass is 19.1. The molecule has 0 amide bonds. The average molecular weight is 186 g/mol. The zero-order chi connectivity index (χ0) is 9.42. The lowest BCUT2D eigenvalue weighted by Crippen LogP contribution is -2.60. The Labute approximate surface area is 79.7 Å². The molecule has 0 saturated carbocycles. The van der Waals surface area contributed by atoms with Crippen molar-refractivity contribution in [1.82, 2.24) is 9.80 Å². The summed E-state index contributed by atoms with van der Waals surface area (Å²) in [5.41, 5.74) is 0. The van der Waals surface area contributed by atoms with E-state index < -0.39 is 6.17 Å². The molecule has 0 N–H and O–H groups in total. The lowest BCUT2D eigenvalue weighted by atomic mass is 10.1. The second-order valence-corrected chi connectivity index (χ2v) is 4.58. The Balaban J connectivity index is 1.74. The zero-order valence-corrected chi connectivity index (χ0v) is 8.54. The molecule has 13 heavy (non-hydrogen) atoms. The molecule has 2 fully saturated rings. The van der Waals surface area contributed by atoms with Crippen LogP contribution in [0.15, 0.2) is 0 Å². The zero-order valence-electron chi connectivity index (χ0n) is 8.54. The number of alkyl halides is 1. The monoisotopic (exact) mass is 186 g/mol. The first-order valence-electron chi connectivity index (χ1n) is 5.29. The van der Waals surface area contributed by atoms with Crippen molar-refractivity contribution >= 4 is 0 Å². The van der Waals surface area contributed by atoms with E-state index in [1.165, 1.54) is 0 Å². The van der Waals surface area contributed by atoms with Gasteiger partial charge in [-0.2, -0.15) is 0 Å². The maximum Gasteiger partial charge on any atom is 0.114 e. The lowest BCUT2D eigenvalue weighted by molar-refractivity contribution is 0.0232. The minimum absolute atomic E-state index is 0.562. The first-order valence-corrected chi connectivity index (χ1v) is 5.29. The van der Waals surface area contributed by atoms with Gasteiger partial charge >= 0.3 is 0 Å². The highest BCUT2D eigenvalue weighted by molar-refractivity contribution is 4.92. The molecule has 76 valence electrons. The molecular weight excluding hydrogens is 167 g/mol. The summed E-state index contributed by atoms with van der Waals surface area (Å²) in [5, 5.41) is 0. The molecule has 0 spiro atoms. The molecule has 1 unspecified atom stereocenters. The van der Waals surface area contributed by atoms with Crippen molar-refractivity contribution in [3.05, 3.63) is 0 Å². The standard InChI is InChI=1S/C10H19FN2/c1-8(2)13-6-10(7-13)12-4-3-9(11)5-12/h8-10H,3-7H2,1-2H3. The second kappa shape index (κ2) is 3.54. The van der Waals surface area contributed by atoms with E-state index in [9.17, 15) is 4.39 Å². The van der Waals surface area contributed by atoms with Gasteiger partial charge in [0.2, 0.25) is 0 Å². The fourth-order valence-corrected chi connectivity index (χ4v) is 2.22. The van der Waals surface area contributed by atoms with Crippen LogP contribution in [0.25, 0.3) is 0 Å². The van der Waals surface area contributed by atoms with Gasteiger partial charge in [-0.05, 0) is 20.3 Å². The fourth-order valence-electron chi connectivity index (χ4n) is 2.22. The van der Waals surface area contributed by atoms with Crippen LogP contribution in [0.1, 0.15) is 20.3 Å². The first-order chi connectivity index (χ1) is 6.16. The summed E-state index contributed by atoms with van der Waals surface area (Å²) in [6.07, 6.45) is 0.186. The average Bonchev–Trinajstić information content (AvgIpc) is 2.31. The molecule has 0 aliphatic carbocycles. The highest BCUT2D eigenvalue weighted by Gasteiger charge is 2.36. The predicted octanol–water partition coefficient (Wildman–Crippen LogP) is 1.12. The van der Waals surface area contributed by atoms with Crippen molar-refractivity contribution in [3.8, 4) is 0 Å². The van der Waals surface area contributed by atoms with Gasteiger partial charge in [0.15, 0.2) is 0 Å². The predicted molar refractivity (Wildman–Crippen MR) is 51.6 cm³/mol. The maximum absolute atomic E-state index is 12.9. The Kier molecular flexibility index (Phi) is 2.56. The molecule has 0 aromatic carbocycles. The van der Waals surface area contributed by atoms with Gasteiger partial charge in [0.25, 0.3) is 0 Å². The van der Waals surface area contributed by atoms with Crippen molar-refractivity contribution in [2.45, 2.75) is 38.5 Å². The van der Waals surface area contributed by atoms with E-state index in [1.807, 2.05) is 0 Å². The quantitative estimate of drug-likeness (QED) is 0.637.